The van der Waals surface area contributed by atoms with Crippen LogP contribution in [0.15, 0.2) is 23.6 Å². The van der Waals surface area contributed by atoms with Crippen molar-refractivity contribution in [2.75, 3.05) is 12.4 Å². The molecule has 4 nitrogen and oxygen atoms in total. The van der Waals surface area contributed by atoms with E-state index in [1.54, 1.807) is 6.07 Å². The SMILES string of the molecule is COc1ccc(C(=O)Nc2nc(C3CC3)cs2)c(F)c1. The molecule has 1 aromatic carbocycles. The van der Waals surface area contributed by atoms with E-state index >= 15 is 0 Å². The molecule has 20 heavy (non-hydrogen) atoms. The van der Waals surface area contributed by atoms with E-state index in [4.69, 9.17) is 4.74 Å². The summed E-state index contributed by atoms with van der Waals surface area (Å²) in [7, 11) is 1.45. The molecule has 1 amide bonds. The van der Waals surface area contributed by atoms with Gasteiger partial charge in [0.05, 0.1) is 18.4 Å². The summed E-state index contributed by atoms with van der Waals surface area (Å²) in [6.07, 6.45) is 2.31. The Kier molecular flexibility index (Phi) is 3.40. The van der Waals surface area contributed by atoms with Crippen LogP contribution in [-0.2, 0) is 0 Å². The van der Waals surface area contributed by atoms with Crippen LogP contribution in [0.3, 0.4) is 0 Å². The van der Waals surface area contributed by atoms with Gasteiger partial charge in [-0.2, -0.15) is 0 Å². The predicted octanol–water partition coefficient (Wildman–Crippen LogP) is 3.42. The van der Waals surface area contributed by atoms with Gasteiger partial charge in [-0.05, 0) is 25.0 Å². The van der Waals surface area contributed by atoms with E-state index in [0.717, 1.165) is 18.5 Å². The molecule has 1 aliphatic carbocycles. The summed E-state index contributed by atoms with van der Waals surface area (Å²) < 4.78 is 18.7. The number of halogens is 1. The summed E-state index contributed by atoms with van der Waals surface area (Å²) in [6, 6.07) is 4.14. The number of anilines is 1. The maximum atomic E-state index is 13.8. The Balaban J connectivity index is 1.74. The summed E-state index contributed by atoms with van der Waals surface area (Å²) in [5.74, 6) is -0.193. The highest BCUT2D eigenvalue weighted by molar-refractivity contribution is 7.14. The third-order valence-electron chi connectivity index (χ3n) is 3.16. The molecule has 0 spiro atoms. The number of thiazole rings is 1. The van der Waals surface area contributed by atoms with Gasteiger partial charge < -0.3 is 4.74 Å². The molecule has 1 fully saturated rings. The van der Waals surface area contributed by atoms with Crippen molar-refractivity contribution in [3.8, 4) is 5.75 Å². The Bertz CT molecular complexity index is 652. The molecule has 1 aliphatic rings. The lowest BCUT2D eigenvalue weighted by Crippen LogP contribution is -2.13. The Morgan fingerprint density at radius 1 is 1.50 bits per heavy atom. The van der Waals surface area contributed by atoms with Crippen LogP contribution in [-0.4, -0.2) is 18.0 Å². The van der Waals surface area contributed by atoms with Gasteiger partial charge in [-0.15, -0.1) is 11.3 Å². The van der Waals surface area contributed by atoms with Crippen LogP contribution >= 0.6 is 11.3 Å². The number of nitrogens with one attached hydrogen (secondary N) is 1. The Labute approximate surface area is 119 Å². The van der Waals surface area contributed by atoms with Crippen molar-refractivity contribution in [1.82, 2.24) is 4.98 Å². The molecule has 3 rings (SSSR count). The topological polar surface area (TPSA) is 51.2 Å². The third-order valence-corrected chi connectivity index (χ3v) is 3.93. The molecule has 0 unspecified atom stereocenters. The van der Waals surface area contributed by atoms with E-state index in [2.05, 4.69) is 10.3 Å². The van der Waals surface area contributed by atoms with Crippen molar-refractivity contribution in [3.05, 3.63) is 40.7 Å². The summed E-state index contributed by atoms with van der Waals surface area (Å²) in [4.78, 5) is 16.3. The second-order valence-electron chi connectivity index (χ2n) is 4.65. The lowest BCUT2D eigenvalue weighted by molar-refractivity contribution is 0.102. The van der Waals surface area contributed by atoms with E-state index in [1.165, 1.54) is 30.6 Å². The van der Waals surface area contributed by atoms with Gasteiger partial charge in [-0.1, -0.05) is 0 Å². The average Bonchev–Trinajstić information content (AvgIpc) is 3.19. The first-order valence-corrected chi connectivity index (χ1v) is 7.15. The molecule has 0 atom stereocenters. The van der Waals surface area contributed by atoms with Crippen LogP contribution in [0.25, 0.3) is 0 Å². The standard InChI is InChI=1S/C14H13FN2O2S/c1-19-9-4-5-10(11(15)6-9)13(18)17-14-16-12(7-20-14)8-2-3-8/h4-8H,2-3H2,1H3,(H,16,17,18). The number of amides is 1. The first-order valence-electron chi connectivity index (χ1n) is 6.27. The third kappa shape index (κ3) is 2.65. The van der Waals surface area contributed by atoms with Gasteiger partial charge in [-0.3, -0.25) is 10.1 Å². The van der Waals surface area contributed by atoms with Gasteiger partial charge in [-0.25, -0.2) is 9.37 Å². The van der Waals surface area contributed by atoms with Crippen LogP contribution in [0.5, 0.6) is 5.75 Å². The molecule has 104 valence electrons. The maximum Gasteiger partial charge on any atom is 0.260 e. The number of carbonyl (C=O) groups is 1. The van der Waals surface area contributed by atoms with Crippen molar-refractivity contribution >= 4 is 22.4 Å². The van der Waals surface area contributed by atoms with Crippen LogP contribution in [0.1, 0.15) is 34.8 Å². The first kappa shape index (κ1) is 13.1. The molecule has 1 heterocycles. The molecule has 0 bridgehead atoms. The zero-order valence-electron chi connectivity index (χ0n) is 10.9. The zero-order chi connectivity index (χ0) is 14.1. The number of aromatic nitrogens is 1. The number of benzene rings is 1. The normalized spacial score (nSPS) is 14.1. The quantitative estimate of drug-likeness (QED) is 0.939. The van der Waals surface area contributed by atoms with Crippen molar-refractivity contribution < 1.29 is 13.9 Å². The fourth-order valence-corrected chi connectivity index (χ4v) is 2.67. The molecule has 1 N–H and O–H groups in total. The van der Waals surface area contributed by atoms with Crippen molar-refractivity contribution in [3.63, 3.8) is 0 Å². The predicted molar refractivity (Wildman–Crippen MR) is 75.0 cm³/mol. The minimum Gasteiger partial charge on any atom is -0.497 e. The summed E-state index contributed by atoms with van der Waals surface area (Å²) in [5.41, 5.74) is 0.995. The van der Waals surface area contributed by atoms with Gasteiger partial charge in [0.1, 0.15) is 11.6 Å². The fraction of sp³-hybridized carbons (Fsp3) is 0.286. The smallest absolute Gasteiger partial charge is 0.260 e. The molecule has 0 saturated heterocycles. The molecule has 0 aliphatic heterocycles. The highest BCUT2D eigenvalue weighted by atomic mass is 32.1. The Morgan fingerprint density at radius 3 is 2.95 bits per heavy atom. The van der Waals surface area contributed by atoms with E-state index in [-0.39, 0.29) is 5.56 Å². The lowest BCUT2D eigenvalue weighted by Gasteiger charge is -2.05. The van der Waals surface area contributed by atoms with Gasteiger partial charge in [0, 0.05) is 17.4 Å². The molecule has 1 saturated carbocycles. The monoisotopic (exact) mass is 292 g/mol. The average molecular weight is 292 g/mol. The number of hydrogen-bond donors (Lipinski definition) is 1. The van der Waals surface area contributed by atoms with Crippen LogP contribution < -0.4 is 10.1 Å². The number of rotatable bonds is 4. The van der Waals surface area contributed by atoms with Crippen molar-refractivity contribution in [2.45, 2.75) is 18.8 Å². The first-order chi connectivity index (χ1) is 9.67. The number of hydrogen-bond acceptors (Lipinski definition) is 4. The van der Waals surface area contributed by atoms with E-state index in [0.29, 0.717) is 16.8 Å². The molecule has 2 aromatic rings. The van der Waals surface area contributed by atoms with Crippen LogP contribution in [0.2, 0.25) is 0 Å². The number of nitrogens with zero attached hydrogens (tertiary/aromatic N) is 1. The van der Waals surface area contributed by atoms with E-state index < -0.39 is 11.7 Å². The van der Waals surface area contributed by atoms with Gasteiger partial charge >= 0.3 is 0 Å². The van der Waals surface area contributed by atoms with Crippen molar-refractivity contribution in [2.24, 2.45) is 0 Å². The second kappa shape index (κ2) is 5.20. The summed E-state index contributed by atoms with van der Waals surface area (Å²) >= 11 is 1.36. The zero-order valence-corrected chi connectivity index (χ0v) is 11.7. The molecular formula is C14H13FN2O2S. The number of carbonyl (C=O) groups excluding carboxylic acids is 1. The Morgan fingerprint density at radius 2 is 2.30 bits per heavy atom. The largest absolute Gasteiger partial charge is 0.497 e. The molecule has 1 aromatic heterocycles. The maximum absolute atomic E-state index is 13.8. The molecule has 6 heteroatoms. The second-order valence-corrected chi connectivity index (χ2v) is 5.51. The summed E-state index contributed by atoms with van der Waals surface area (Å²) in [5, 5.41) is 5.08. The molecular weight excluding hydrogens is 279 g/mol. The highest BCUT2D eigenvalue weighted by Gasteiger charge is 2.26. The number of ether oxygens (including phenoxy) is 1. The van der Waals surface area contributed by atoms with E-state index in [1.807, 2.05) is 5.38 Å². The highest BCUT2D eigenvalue weighted by Crippen LogP contribution is 2.40. The minimum atomic E-state index is -0.610. The minimum absolute atomic E-state index is 0.0195. The fourth-order valence-electron chi connectivity index (χ4n) is 1.88. The molecule has 0 radical (unpaired) electrons. The Hall–Kier alpha value is -1.95. The van der Waals surface area contributed by atoms with E-state index in [9.17, 15) is 9.18 Å². The van der Waals surface area contributed by atoms with Gasteiger partial charge in [0.25, 0.3) is 5.91 Å². The lowest BCUT2D eigenvalue weighted by atomic mass is 10.2. The summed E-state index contributed by atoms with van der Waals surface area (Å²) in [6.45, 7) is 0. The van der Waals surface area contributed by atoms with Crippen molar-refractivity contribution in [1.29, 1.82) is 0 Å². The van der Waals surface area contributed by atoms with Gasteiger partial charge in [0.2, 0.25) is 0 Å². The van der Waals surface area contributed by atoms with Crippen LogP contribution in [0.4, 0.5) is 9.52 Å². The number of methoxy groups -OCH3 is 1. The van der Waals surface area contributed by atoms with Gasteiger partial charge in [0.15, 0.2) is 5.13 Å². The van der Waals surface area contributed by atoms with Crippen LogP contribution in [0, 0.1) is 5.82 Å².